The number of hydrogen-bond donors (Lipinski definition) is 2. The average Bonchev–Trinajstić information content (AvgIpc) is 3.53. The minimum absolute atomic E-state index is 0.0752. The molecular formula is C44H38O4. The Morgan fingerprint density at radius 2 is 1.06 bits per heavy atom. The van der Waals surface area contributed by atoms with E-state index in [9.17, 15) is 19.8 Å². The number of aromatic hydroxyl groups is 2. The number of rotatable bonds is 4. The van der Waals surface area contributed by atoms with E-state index in [1.165, 1.54) is 12.0 Å². The molecule has 238 valence electrons. The lowest BCUT2D eigenvalue weighted by Gasteiger charge is -2.39. The van der Waals surface area contributed by atoms with Crippen molar-refractivity contribution in [3.8, 4) is 11.5 Å². The minimum atomic E-state index is -0.255. The zero-order valence-corrected chi connectivity index (χ0v) is 26.8. The van der Waals surface area contributed by atoms with E-state index in [0.717, 1.165) is 64.6 Å². The van der Waals surface area contributed by atoms with Gasteiger partial charge in [-0.2, -0.15) is 0 Å². The van der Waals surface area contributed by atoms with Crippen molar-refractivity contribution in [2.75, 3.05) is 0 Å². The molecule has 5 aromatic rings. The van der Waals surface area contributed by atoms with E-state index in [-0.39, 0.29) is 17.0 Å². The molecule has 8 rings (SSSR count). The third-order valence-corrected chi connectivity index (χ3v) is 9.24. The van der Waals surface area contributed by atoms with Gasteiger partial charge >= 0.3 is 0 Å². The molecule has 0 atom stereocenters. The van der Waals surface area contributed by atoms with E-state index < -0.39 is 0 Å². The molecule has 0 aliphatic heterocycles. The van der Waals surface area contributed by atoms with Gasteiger partial charge in [-0.3, -0.25) is 9.59 Å². The second-order valence-electron chi connectivity index (χ2n) is 12.2. The van der Waals surface area contributed by atoms with E-state index in [1.54, 1.807) is 18.2 Å². The predicted octanol–water partition coefficient (Wildman–Crippen LogP) is 9.87. The van der Waals surface area contributed by atoms with Gasteiger partial charge < -0.3 is 10.2 Å². The molecule has 1 saturated carbocycles. The molecule has 1 fully saturated rings. The summed E-state index contributed by atoms with van der Waals surface area (Å²) in [5.41, 5.74) is 7.31. The van der Waals surface area contributed by atoms with E-state index in [0.29, 0.717) is 11.5 Å². The van der Waals surface area contributed by atoms with Crippen LogP contribution in [0.2, 0.25) is 0 Å². The first-order valence-electron chi connectivity index (χ1n) is 16.4. The second kappa shape index (κ2) is 14.8. The average molecular weight is 631 g/mol. The summed E-state index contributed by atoms with van der Waals surface area (Å²) in [6.45, 7) is 0. The first-order valence-corrected chi connectivity index (χ1v) is 16.4. The van der Waals surface area contributed by atoms with Gasteiger partial charge in [0.25, 0.3) is 0 Å². The molecule has 3 aliphatic rings. The van der Waals surface area contributed by atoms with Crippen molar-refractivity contribution in [3.63, 3.8) is 0 Å². The molecule has 0 bridgehead atoms. The van der Waals surface area contributed by atoms with Crippen molar-refractivity contribution in [2.45, 2.75) is 37.5 Å². The van der Waals surface area contributed by atoms with Gasteiger partial charge in [-0.1, -0.05) is 153 Å². The Hall–Kier alpha value is -5.74. The standard InChI is InChI=1S/C18H20O2.C13H8O.C13H10O/c19-16-10-4-2-8-14(16)18(12-6-1-7-13-18)15-9-3-5-11-17(15)20;14-13-7-3-6-11-10-5-2-1-4-9(10)8-12(11)13;14-13(11-7-3-1-4-8-11)12-9-5-2-6-10-12/h2-5,8-11,19-20H,1,6-7,12-13H2;1-8H;1-10H. The molecule has 3 aliphatic carbocycles. The highest BCUT2D eigenvalue weighted by atomic mass is 16.3. The summed E-state index contributed by atoms with van der Waals surface area (Å²) in [7, 11) is 0. The molecule has 4 nitrogen and oxygen atoms in total. The molecule has 48 heavy (non-hydrogen) atoms. The first kappa shape index (κ1) is 32.2. The number of para-hydroxylation sites is 2. The topological polar surface area (TPSA) is 74.6 Å². The number of carbonyl (C=O) groups excluding carboxylic acids is 2. The normalized spacial score (nSPS) is 15.3. The largest absolute Gasteiger partial charge is 0.508 e. The van der Waals surface area contributed by atoms with Gasteiger partial charge in [0.05, 0.1) is 0 Å². The van der Waals surface area contributed by atoms with Crippen LogP contribution in [-0.4, -0.2) is 21.8 Å². The minimum Gasteiger partial charge on any atom is -0.508 e. The van der Waals surface area contributed by atoms with Gasteiger partial charge in [0.15, 0.2) is 11.6 Å². The van der Waals surface area contributed by atoms with Crippen LogP contribution in [0.3, 0.4) is 0 Å². The van der Waals surface area contributed by atoms with Gasteiger partial charge in [0.2, 0.25) is 0 Å². The van der Waals surface area contributed by atoms with Crippen LogP contribution in [0, 0.1) is 0 Å². The smallest absolute Gasteiger partial charge is 0.193 e. The molecule has 2 N–H and O–H groups in total. The van der Waals surface area contributed by atoms with Crippen LogP contribution in [0.1, 0.15) is 70.3 Å². The van der Waals surface area contributed by atoms with Crippen LogP contribution in [0.4, 0.5) is 0 Å². The van der Waals surface area contributed by atoms with Gasteiger partial charge in [-0.15, -0.1) is 0 Å². The molecular weight excluding hydrogens is 592 g/mol. The maximum atomic E-state index is 11.8. The highest BCUT2D eigenvalue weighted by Crippen LogP contribution is 2.50. The molecule has 0 amide bonds. The third kappa shape index (κ3) is 6.84. The SMILES string of the molecule is O=C(c1ccccc1)c1ccccc1.O=C1C=CC=C2C1=Cc1ccccc12.Oc1ccccc1C1(c2ccccc2O)CCCCC1. The molecule has 0 heterocycles. The Morgan fingerprint density at radius 1 is 0.562 bits per heavy atom. The fraction of sp³-hybridized carbons (Fsp3) is 0.136. The van der Waals surface area contributed by atoms with E-state index >= 15 is 0 Å². The predicted molar refractivity (Wildman–Crippen MR) is 193 cm³/mol. The zero-order chi connectivity index (χ0) is 33.3. The summed E-state index contributed by atoms with van der Waals surface area (Å²) in [5.74, 6) is 0.847. The fourth-order valence-corrected chi connectivity index (χ4v) is 6.89. The number of benzene rings is 5. The summed E-state index contributed by atoms with van der Waals surface area (Å²) >= 11 is 0. The van der Waals surface area contributed by atoms with Gasteiger partial charge in [0, 0.05) is 33.2 Å². The number of allylic oxidation sites excluding steroid dienone is 5. The lowest BCUT2D eigenvalue weighted by Crippen LogP contribution is -2.30. The van der Waals surface area contributed by atoms with E-state index in [1.807, 2.05) is 133 Å². The van der Waals surface area contributed by atoms with E-state index in [4.69, 9.17) is 0 Å². The van der Waals surface area contributed by atoms with Gasteiger partial charge in [0.1, 0.15) is 11.5 Å². The Labute approximate surface area is 282 Å². The highest BCUT2D eigenvalue weighted by molar-refractivity contribution is 6.23. The molecule has 0 spiro atoms. The Morgan fingerprint density at radius 3 is 1.62 bits per heavy atom. The fourth-order valence-electron chi connectivity index (χ4n) is 6.89. The van der Waals surface area contributed by atoms with Crippen LogP contribution in [0.25, 0.3) is 11.6 Å². The van der Waals surface area contributed by atoms with Crippen molar-refractivity contribution in [1.29, 1.82) is 0 Å². The Bertz CT molecular complexity index is 1910. The molecule has 0 unspecified atom stereocenters. The van der Waals surface area contributed by atoms with Crippen molar-refractivity contribution in [1.82, 2.24) is 0 Å². The third-order valence-electron chi connectivity index (χ3n) is 9.24. The lowest BCUT2D eigenvalue weighted by molar-refractivity contribution is -0.110. The van der Waals surface area contributed by atoms with Crippen LogP contribution < -0.4 is 0 Å². The number of fused-ring (bicyclic) bond motifs is 3. The monoisotopic (exact) mass is 630 g/mol. The molecule has 0 saturated heterocycles. The molecule has 4 heteroatoms. The Kier molecular flexibility index (Phi) is 9.92. The van der Waals surface area contributed by atoms with Crippen molar-refractivity contribution >= 4 is 23.2 Å². The van der Waals surface area contributed by atoms with Crippen LogP contribution >= 0.6 is 0 Å². The number of phenols is 2. The van der Waals surface area contributed by atoms with Crippen molar-refractivity contribution < 1.29 is 19.8 Å². The summed E-state index contributed by atoms with van der Waals surface area (Å²) in [4.78, 5) is 23.4. The first-order chi connectivity index (χ1) is 23.5. The zero-order valence-electron chi connectivity index (χ0n) is 26.8. The van der Waals surface area contributed by atoms with Crippen LogP contribution in [0.15, 0.2) is 157 Å². The Balaban J connectivity index is 0.000000129. The van der Waals surface area contributed by atoms with Gasteiger partial charge in [-0.25, -0.2) is 0 Å². The summed E-state index contributed by atoms with van der Waals surface area (Å²) < 4.78 is 0. The quantitative estimate of drug-likeness (QED) is 0.194. The molecule has 0 aromatic heterocycles. The number of phenolic OH excluding ortho intramolecular Hbond substituents is 2. The molecule has 5 aromatic carbocycles. The second-order valence-corrected chi connectivity index (χ2v) is 12.2. The number of carbonyl (C=O) groups is 2. The van der Waals surface area contributed by atoms with Gasteiger partial charge in [-0.05, 0) is 53.8 Å². The van der Waals surface area contributed by atoms with Crippen LogP contribution in [-0.2, 0) is 10.2 Å². The number of hydrogen-bond acceptors (Lipinski definition) is 4. The highest BCUT2D eigenvalue weighted by Gasteiger charge is 2.39. The number of ketones is 2. The van der Waals surface area contributed by atoms with E-state index in [2.05, 4.69) is 6.07 Å². The lowest BCUT2D eigenvalue weighted by atomic mass is 9.65. The molecule has 0 radical (unpaired) electrons. The maximum absolute atomic E-state index is 11.8. The van der Waals surface area contributed by atoms with Crippen molar-refractivity contribution in [2.24, 2.45) is 0 Å². The van der Waals surface area contributed by atoms with Crippen molar-refractivity contribution in [3.05, 3.63) is 191 Å². The maximum Gasteiger partial charge on any atom is 0.193 e. The van der Waals surface area contributed by atoms with Crippen LogP contribution in [0.5, 0.6) is 11.5 Å². The summed E-state index contributed by atoms with van der Waals surface area (Å²) in [6, 6.07) is 41.8. The summed E-state index contributed by atoms with van der Waals surface area (Å²) in [5, 5.41) is 20.6. The summed E-state index contributed by atoms with van der Waals surface area (Å²) in [6.07, 6.45) is 12.8.